The molecule has 0 amide bonds. The Morgan fingerprint density at radius 2 is 1.92 bits per heavy atom. The molecule has 0 radical (unpaired) electrons. The maximum Gasteiger partial charge on any atom is 0.0133 e. The number of hydrogen-bond acceptors (Lipinski definition) is 1. The van der Waals surface area contributed by atoms with Crippen LogP contribution in [0.3, 0.4) is 0 Å². The molecule has 0 unspecified atom stereocenters. The van der Waals surface area contributed by atoms with E-state index in [9.17, 15) is 0 Å². The number of likely N-dealkylation sites (N-methyl/N-ethyl adjacent to an activating group) is 1. The first-order chi connectivity index (χ1) is 6.29. The molecule has 0 saturated carbocycles. The predicted molar refractivity (Wildman–Crippen MR) is 55.9 cm³/mol. The third kappa shape index (κ3) is 1.61. The van der Waals surface area contributed by atoms with E-state index in [4.69, 9.17) is 0 Å². The molecule has 0 bridgehead atoms. The predicted octanol–water partition coefficient (Wildman–Crippen LogP) is 2.49. The van der Waals surface area contributed by atoms with Gasteiger partial charge in [0.1, 0.15) is 0 Å². The summed E-state index contributed by atoms with van der Waals surface area (Å²) in [5.41, 5.74) is 1.50. The van der Waals surface area contributed by atoms with Crippen molar-refractivity contribution in [3.05, 3.63) is 35.9 Å². The van der Waals surface area contributed by atoms with Crippen molar-refractivity contribution in [2.24, 2.45) is 0 Å². The lowest BCUT2D eigenvalue weighted by molar-refractivity contribution is 0.318. The van der Waals surface area contributed by atoms with E-state index in [2.05, 4.69) is 49.2 Å². The van der Waals surface area contributed by atoms with Crippen LogP contribution in [0, 0.1) is 0 Å². The molecule has 1 aliphatic rings. The molecule has 1 aromatic carbocycles. The van der Waals surface area contributed by atoms with Crippen molar-refractivity contribution in [1.29, 1.82) is 0 Å². The van der Waals surface area contributed by atoms with E-state index in [1.54, 1.807) is 0 Å². The Kier molecular flexibility index (Phi) is 2.36. The monoisotopic (exact) mass is 175 g/mol. The zero-order valence-corrected chi connectivity index (χ0v) is 8.40. The molecular weight excluding hydrogens is 158 g/mol. The second kappa shape index (κ2) is 3.51. The zero-order valence-electron chi connectivity index (χ0n) is 8.40. The quantitative estimate of drug-likeness (QED) is 0.634. The minimum Gasteiger partial charge on any atom is -0.303 e. The molecule has 0 spiro atoms. The van der Waals surface area contributed by atoms with Gasteiger partial charge in [-0.2, -0.15) is 0 Å². The summed E-state index contributed by atoms with van der Waals surface area (Å²) in [5.74, 6) is 0.742. The van der Waals surface area contributed by atoms with E-state index in [0.29, 0.717) is 6.04 Å². The molecule has 2 atom stereocenters. The van der Waals surface area contributed by atoms with Gasteiger partial charge in [0.05, 0.1) is 0 Å². The Morgan fingerprint density at radius 3 is 2.46 bits per heavy atom. The van der Waals surface area contributed by atoms with Crippen molar-refractivity contribution in [3.63, 3.8) is 0 Å². The van der Waals surface area contributed by atoms with Gasteiger partial charge in [-0.25, -0.2) is 0 Å². The number of benzene rings is 1. The van der Waals surface area contributed by atoms with Gasteiger partial charge in [0.2, 0.25) is 0 Å². The molecule has 0 aromatic heterocycles. The molecule has 70 valence electrons. The molecule has 0 N–H and O–H groups in total. The first-order valence-corrected chi connectivity index (χ1v) is 5.04. The first-order valence-electron chi connectivity index (χ1n) is 5.04. The summed E-state index contributed by atoms with van der Waals surface area (Å²) in [4.78, 5) is 2.44. The Labute approximate surface area is 80.4 Å². The van der Waals surface area contributed by atoms with Gasteiger partial charge in [-0.3, -0.25) is 0 Å². The summed E-state index contributed by atoms with van der Waals surface area (Å²) < 4.78 is 0. The zero-order chi connectivity index (χ0) is 9.26. The highest BCUT2D eigenvalue weighted by atomic mass is 15.1. The molecule has 2 rings (SSSR count). The molecule has 0 aliphatic carbocycles. The Morgan fingerprint density at radius 1 is 1.23 bits per heavy atom. The SMILES string of the molecule is C[C@H]1[C@H](c2ccccc2)CCN1C. The van der Waals surface area contributed by atoms with E-state index in [1.165, 1.54) is 18.5 Å². The first kappa shape index (κ1) is 8.76. The average Bonchev–Trinajstić information content (AvgIpc) is 2.49. The summed E-state index contributed by atoms with van der Waals surface area (Å²) in [7, 11) is 2.22. The lowest BCUT2D eigenvalue weighted by Gasteiger charge is -2.20. The van der Waals surface area contributed by atoms with Crippen LogP contribution in [-0.2, 0) is 0 Å². The lowest BCUT2D eigenvalue weighted by Crippen LogP contribution is -2.24. The van der Waals surface area contributed by atoms with Crippen LogP contribution in [0.15, 0.2) is 30.3 Å². The largest absolute Gasteiger partial charge is 0.303 e. The van der Waals surface area contributed by atoms with Gasteiger partial charge in [-0.15, -0.1) is 0 Å². The van der Waals surface area contributed by atoms with Crippen LogP contribution in [0.4, 0.5) is 0 Å². The highest BCUT2D eigenvalue weighted by Crippen LogP contribution is 2.31. The number of hydrogen-bond donors (Lipinski definition) is 0. The van der Waals surface area contributed by atoms with Crippen molar-refractivity contribution in [1.82, 2.24) is 4.90 Å². The highest BCUT2D eigenvalue weighted by Gasteiger charge is 2.28. The average molecular weight is 175 g/mol. The molecule has 1 aromatic rings. The molecule has 1 fully saturated rings. The molecule has 1 saturated heterocycles. The van der Waals surface area contributed by atoms with Crippen LogP contribution in [-0.4, -0.2) is 24.5 Å². The fourth-order valence-electron chi connectivity index (χ4n) is 2.24. The van der Waals surface area contributed by atoms with E-state index >= 15 is 0 Å². The normalized spacial score (nSPS) is 29.4. The number of rotatable bonds is 1. The smallest absolute Gasteiger partial charge is 0.0133 e. The van der Waals surface area contributed by atoms with Crippen molar-refractivity contribution >= 4 is 0 Å². The molecule has 1 heteroatoms. The minimum atomic E-state index is 0.697. The third-order valence-electron chi connectivity index (χ3n) is 3.30. The van der Waals surface area contributed by atoms with Crippen LogP contribution in [0.25, 0.3) is 0 Å². The summed E-state index contributed by atoms with van der Waals surface area (Å²) in [6.45, 7) is 3.56. The minimum absolute atomic E-state index is 0.697. The van der Waals surface area contributed by atoms with Gasteiger partial charge in [0.25, 0.3) is 0 Å². The second-order valence-corrected chi connectivity index (χ2v) is 4.03. The molecule has 1 aliphatic heterocycles. The highest BCUT2D eigenvalue weighted by molar-refractivity contribution is 5.22. The maximum absolute atomic E-state index is 2.44. The fraction of sp³-hybridized carbons (Fsp3) is 0.500. The summed E-state index contributed by atoms with van der Waals surface area (Å²) >= 11 is 0. The standard InChI is InChI=1S/C12H17N/c1-10-12(8-9-13(10)2)11-6-4-3-5-7-11/h3-7,10,12H,8-9H2,1-2H3/t10-,12+/m0/s1. The van der Waals surface area contributed by atoms with Crippen LogP contribution in [0.2, 0.25) is 0 Å². The van der Waals surface area contributed by atoms with Gasteiger partial charge in [0, 0.05) is 12.0 Å². The van der Waals surface area contributed by atoms with Gasteiger partial charge in [-0.05, 0) is 32.5 Å². The fourth-order valence-corrected chi connectivity index (χ4v) is 2.24. The van der Waals surface area contributed by atoms with Gasteiger partial charge >= 0.3 is 0 Å². The molecular formula is C12H17N. The van der Waals surface area contributed by atoms with E-state index in [1.807, 2.05) is 0 Å². The lowest BCUT2D eigenvalue weighted by atomic mass is 9.93. The van der Waals surface area contributed by atoms with Crippen molar-refractivity contribution in [3.8, 4) is 0 Å². The number of nitrogens with zero attached hydrogens (tertiary/aromatic N) is 1. The molecule has 1 heterocycles. The van der Waals surface area contributed by atoms with Crippen LogP contribution < -0.4 is 0 Å². The van der Waals surface area contributed by atoms with Gasteiger partial charge in [-0.1, -0.05) is 30.3 Å². The van der Waals surface area contributed by atoms with E-state index in [0.717, 1.165) is 5.92 Å². The summed E-state index contributed by atoms with van der Waals surface area (Å²) in [6.07, 6.45) is 1.31. The van der Waals surface area contributed by atoms with Crippen LogP contribution in [0.1, 0.15) is 24.8 Å². The van der Waals surface area contributed by atoms with E-state index in [-0.39, 0.29) is 0 Å². The van der Waals surface area contributed by atoms with Crippen LogP contribution >= 0.6 is 0 Å². The molecule has 1 nitrogen and oxygen atoms in total. The Hall–Kier alpha value is -0.820. The van der Waals surface area contributed by atoms with Gasteiger partial charge < -0.3 is 4.90 Å². The van der Waals surface area contributed by atoms with Gasteiger partial charge in [0.15, 0.2) is 0 Å². The Balaban J connectivity index is 2.19. The summed E-state index contributed by atoms with van der Waals surface area (Å²) in [5, 5.41) is 0. The van der Waals surface area contributed by atoms with Crippen LogP contribution in [0.5, 0.6) is 0 Å². The Bertz CT molecular complexity index is 268. The molecule has 13 heavy (non-hydrogen) atoms. The topological polar surface area (TPSA) is 3.24 Å². The maximum atomic E-state index is 2.44. The van der Waals surface area contributed by atoms with Crippen molar-refractivity contribution in [2.45, 2.75) is 25.3 Å². The third-order valence-corrected chi connectivity index (χ3v) is 3.30. The van der Waals surface area contributed by atoms with Crippen molar-refractivity contribution < 1.29 is 0 Å². The van der Waals surface area contributed by atoms with E-state index < -0.39 is 0 Å². The second-order valence-electron chi connectivity index (χ2n) is 4.03. The number of likely N-dealkylation sites (tertiary alicyclic amines) is 1. The summed E-state index contributed by atoms with van der Waals surface area (Å²) in [6, 6.07) is 11.6. The van der Waals surface area contributed by atoms with Crippen molar-refractivity contribution in [2.75, 3.05) is 13.6 Å².